The topological polar surface area (TPSA) is 26.0 Å². The van der Waals surface area contributed by atoms with Crippen LogP contribution in [0, 0.1) is 35.5 Å². The lowest BCUT2D eigenvalue weighted by atomic mass is 9.69. The summed E-state index contributed by atoms with van der Waals surface area (Å²) in [5.74, 6) is 9.52. The van der Waals surface area contributed by atoms with Crippen molar-refractivity contribution in [2.75, 3.05) is 6.54 Å². The van der Waals surface area contributed by atoms with Crippen molar-refractivity contribution in [3.05, 3.63) is 0 Å². The van der Waals surface area contributed by atoms with Crippen LogP contribution in [0.1, 0.15) is 52.9 Å². The quantitative estimate of drug-likeness (QED) is 0.723. The number of hydrogen-bond acceptors (Lipinski definition) is 1. The van der Waals surface area contributed by atoms with Gasteiger partial charge < -0.3 is 5.73 Å². The van der Waals surface area contributed by atoms with Gasteiger partial charge in [0.25, 0.3) is 0 Å². The van der Waals surface area contributed by atoms with E-state index in [2.05, 4.69) is 25.7 Å². The van der Waals surface area contributed by atoms with Crippen LogP contribution in [0.25, 0.3) is 0 Å². The molecule has 1 rings (SSSR count). The second-order valence-corrected chi connectivity index (χ2v) is 5.54. The molecule has 1 fully saturated rings. The molecule has 1 saturated carbocycles. The van der Waals surface area contributed by atoms with Crippen molar-refractivity contribution in [2.24, 2.45) is 29.4 Å². The summed E-state index contributed by atoms with van der Waals surface area (Å²) in [6.07, 6.45) is 6.42. The third kappa shape index (κ3) is 3.83. The first-order valence-corrected chi connectivity index (χ1v) is 6.78. The standard InChI is InChI=1S/C15H27N/c1-4-5-6-7-14-10-13(12(2)3)8-9-15(14)11-16/h12-15H,6-11,16H2,1-3H3. The number of hydrogen-bond donors (Lipinski definition) is 1. The van der Waals surface area contributed by atoms with E-state index in [1.807, 2.05) is 6.92 Å². The number of rotatable bonds is 4. The molecule has 0 bridgehead atoms. The first-order valence-electron chi connectivity index (χ1n) is 6.78. The maximum Gasteiger partial charge on any atom is 0.00913 e. The van der Waals surface area contributed by atoms with Gasteiger partial charge in [0, 0.05) is 6.42 Å². The normalized spacial score (nSPS) is 29.9. The van der Waals surface area contributed by atoms with Crippen molar-refractivity contribution in [3.8, 4) is 11.8 Å². The largest absolute Gasteiger partial charge is 0.330 e. The van der Waals surface area contributed by atoms with E-state index in [0.717, 1.165) is 36.6 Å². The first-order chi connectivity index (χ1) is 7.69. The summed E-state index contributed by atoms with van der Waals surface area (Å²) in [7, 11) is 0. The van der Waals surface area contributed by atoms with Gasteiger partial charge in [0.15, 0.2) is 0 Å². The summed E-state index contributed by atoms with van der Waals surface area (Å²) in [4.78, 5) is 0. The van der Waals surface area contributed by atoms with E-state index in [1.165, 1.54) is 25.7 Å². The fourth-order valence-electron chi connectivity index (χ4n) is 3.01. The van der Waals surface area contributed by atoms with Gasteiger partial charge in [-0.2, -0.15) is 0 Å². The molecule has 0 aromatic carbocycles. The Labute approximate surface area is 101 Å². The van der Waals surface area contributed by atoms with Gasteiger partial charge in [-0.15, -0.1) is 11.8 Å². The molecule has 1 aliphatic carbocycles. The maximum absolute atomic E-state index is 5.88. The fourth-order valence-corrected chi connectivity index (χ4v) is 3.01. The molecular weight excluding hydrogens is 194 g/mol. The Bertz CT molecular complexity index is 246. The highest BCUT2D eigenvalue weighted by atomic mass is 14.6. The van der Waals surface area contributed by atoms with E-state index in [-0.39, 0.29) is 0 Å². The van der Waals surface area contributed by atoms with Crippen LogP contribution in [0.15, 0.2) is 0 Å². The van der Waals surface area contributed by atoms with E-state index in [4.69, 9.17) is 5.73 Å². The van der Waals surface area contributed by atoms with Crippen LogP contribution in [0.4, 0.5) is 0 Å². The van der Waals surface area contributed by atoms with Crippen molar-refractivity contribution < 1.29 is 0 Å². The molecule has 0 aliphatic heterocycles. The van der Waals surface area contributed by atoms with Crippen LogP contribution in [0.5, 0.6) is 0 Å². The SMILES string of the molecule is CC#CCCC1CC(C(C)C)CCC1CN. The first kappa shape index (κ1) is 13.6. The number of nitrogens with two attached hydrogens (primary N) is 1. The minimum absolute atomic E-state index is 0.758. The van der Waals surface area contributed by atoms with Gasteiger partial charge in [0.05, 0.1) is 0 Å². The van der Waals surface area contributed by atoms with E-state index in [9.17, 15) is 0 Å². The summed E-state index contributed by atoms with van der Waals surface area (Å²) in [5.41, 5.74) is 5.88. The van der Waals surface area contributed by atoms with Crippen molar-refractivity contribution in [1.82, 2.24) is 0 Å². The molecule has 0 saturated heterocycles. The van der Waals surface area contributed by atoms with E-state index in [1.54, 1.807) is 0 Å². The molecule has 0 aromatic rings. The molecule has 0 amide bonds. The molecule has 1 nitrogen and oxygen atoms in total. The molecule has 92 valence electrons. The molecule has 0 aromatic heterocycles. The highest BCUT2D eigenvalue weighted by Gasteiger charge is 2.30. The van der Waals surface area contributed by atoms with Crippen molar-refractivity contribution in [2.45, 2.75) is 52.9 Å². The van der Waals surface area contributed by atoms with Gasteiger partial charge in [-0.25, -0.2) is 0 Å². The Morgan fingerprint density at radius 1 is 1.25 bits per heavy atom. The predicted octanol–water partition coefficient (Wildman–Crippen LogP) is 3.44. The molecule has 0 heterocycles. The molecular formula is C15H27N. The monoisotopic (exact) mass is 221 g/mol. The average molecular weight is 221 g/mol. The van der Waals surface area contributed by atoms with Gasteiger partial charge >= 0.3 is 0 Å². The molecule has 16 heavy (non-hydrogen) atoms. The van der Waals surface area contributed by atoms with E-state index in [0.29, 0.717) is 0 Å². The van der Waals surface area contributed by atoms with Gasteiger partial charge in [-0.05, 0) is 62.8 Å². The Morgan fingerprint density at radius 2 is 2.00 bits per heavy atom. The van der Waals surface area contributed by atoms with Gasteiger partial charge in [-0.1, -0.05) is 13.8 Å². The predicted molar refractivity (Wildman–Crippen MR) is 70.9 cm³/mol. The third-order valence-corrected chi connectivity index (χ3v) is 4.24. The highest BCUT2D eigenvalue weighted by molar-refractivity contribution is 4.96. The van der Waals surface area contributed by atoms with Crippen LogP contribution < -0.4 is 5.73 Å². The molecule has 1 aliphatic rings. The zero-order chi connectivity index (χ0) is 12.0. The summed E-state index contributed by atoms with van der Waals surface area (Å²) < 4.78 is 0. The Balaban J connectivity index is 2.48. The van der Waals surface area contributed by atoms with Gasteiger partial charge in [0.2, 0.25) is 0 Å². The average Bonchev–Trinajstić information content (AvgIpc) is 2.29. The molecule has 0 radical (unpaired) electrons. The smallest absolute Gasteiger partial charge is 0.00913 e. The lowest BCUT2D eigenvalue weighted by molar-refractivity contribution is 0.145. The van der Waals surface area contributed by atoms with Crippen molar-refractivity contribution >= 4 is 0 Å². The molecule has 2 N–H and O–H groups in total. The third-order valence-electron chi connectivity index (χ3n) is 4.24. The minimum atomic E-state index is 0.758. The van der Waals surface area contributed by atoms with Crippen LogP contribution in [-0.2, 0) is 0 Å². The zero-order valence-corrected chi connectivity index (χ0v) is 11.1. The summed E-state index contributed by atoms with van der Waals surface area (Å²) in [6.45, 7) is 7.51. The Kier molecular flexibility index (Phi) is 5.91. The Hall–Kier alpha value is -0.480. The van der Waals surface area contributed by atoms with E-state index < -0.39 is 0 Å². The minimum Gasteiger partial charge on any atom is -0.330 e. The maximum atomic E-state index is 5.88. The molecule has 3 atom stereocenters. The van der Waals surface area contributed by atoms with Crippen LogP contribution >= 0.6 is 0 Å². The van der Waals surface area contributed by atoms with Gasteiger partial charge in [-0.3, -0.25) is 0 Å². The lowest BCUT2D eigenvalue weighted by Gasteiger charge is -2.37. The lowest BCUT2D eigenvalue weighted by Crippen LogP contribution is -2.32. The Morgan fingerprint density at radius 3 is 2.56 bits per heavy atom. The zero-order valence-electron chi connectivity index (χ0n) is 11.1. The molecule has 0 spiro atoms. The summed E-state index contributed by atoms with van der Waals surface area (Å²) in [6, 6.07) is 0. The highest BCUT2D eigenvalue weighted by Crippen LogP contribution is 2.39. The fraction of sp³-hybridized carbons (Fsp3) is 0.867. The summed E-state index contributed by atoms with van der Waals surface area (Å²) >= 11 is 0. The van der Waals surface area contributed by atoms with Gasteiger partial charge in [0.1, 0.15) is 0 Å². The van der Waals surface area contributed by atoms with Crippen LogP contribution in [0.2, 0.25) is 0 Å². The van der Waals surface area contributed by atoms with Crippen molar-refractivity contribution in [1.29, 1.82) is 0 Å². The van der Waals surface area contributed by atoms with Crippen molar-refractivity contribution in [3.63, 3.8) is 0 Å². The van der Waals surface area contributed by atoms with Crippen LogP contribution in [0.3, 0.4) is 0 Å². The second-order valence-electron chi connectivity index (χ2n) is 5.54. The van der Waals surface area contributed by atoms with E-state index >= 15 is 0 Å². The molecule has 3 unspecified atom stereocenters. The molecule has 1 heteroatoms. The van der Waals surface area contributed by atoms with Crippen LogP contribution in [-0.4, -0.2) is 6.54 Å². The summed E-state index contributed by atoms with van der Waals surface area (Å²) in [5, 5.41) is 0. The second kappa shape index (κ2) is 6.97.